The third-order valence-electron chi connectivity index (χ3n) is 7.66. The van der Waals surface area contributed by atoms with Gasteiger partial charge in [-0.15, -0.1) is 11.3 Å². The highest BCUT2D eigenvalue weighted by atomic mass is 32.1. The summed E-state index contributed by atoms with van der Waals surface area (Å²) >= 11 is 1.81. The van der Waals surface area contributed by atoms with E-state index >= 15 is 0 Å². The lowest BCUT2D eigenvalue weighted by Crippen LogP contribution is -2.43. The Hall–Kier alpha value is -2.78. The van der Waals surface area contributed by atoms with Crippen LogP contribution in [0.3, 0.4) is 0 Å². The number of nitrogens with one attached hydrogen (secondary N) is 2. The first-order chi connectivity index (χ1) is 17.1. The van der Waals surface area contributed by atoms with Crippen molar-refractivity contribution >= 4 is 17.0 Å². The van der Waals surface area contributed by atoms with Gasteiger partial charge in [0.1, 0.15) is 17.0 Å². The van der Waals surface area contributed by atoms with Crippen LogP contribution >= 0.6 is 11.3 Å². The zero-order valence-corrected chi connectivity index (χ0v) is 21.4. The molecule has 0 aliphatic heterocycles. The molecule has 2 aliphatic rings. The molecule has 2 saturated carbocycles. The van der Waals surface area contributed by atoms with Crippen LogP contribution in [0.4, 0.5) is 0 Å². The van der Waals surface area contributed by atoms with Crippen molar-refractivity contribution in [1.82, 2.24) is 35.1 Å². The van der Waals surface area contributed by atoms with E-state index < -0.39 is 0 Å². The van der Waals surface area contributed by atoms with Crippen LogP contribution in [0.1, 0.15) is 81.1 Å². The van der Waals surface area contributed by atoms with Crippen molar-refractivity contribution in [2.24, 2.45) is 0 Å². The molecule has 0 amide bonds. The Bertz CT molecular complexity index is 1310. The van der Waals surface area contributed by atoms with E-state index in [4.69, 9.17) is 14.8 Å². The number of pyridine rings is 1. The van der Waals surface area contributed by atoms with E-state index in [1.165, 1.54) is 61.7 Å². The molecule has 4 heterocycles. The molecule has 2 aliphatic carbocycles. The number of hydrogen-bond acceptors (Lipinski definition) is 7. The van der Waals surface area contributed by atoms with Crippen LogP contribution in [0.15, 0.2) is 24.8 Å². The molecular weight excluding hydrogens is 458 g/mol. The summed E-state index contributed by atoms with van der Waals surface area (Å²) in [6, 6.07) is 3.47. The van der Waals surface area contributed by atoms with E-state index in [1.807, 2.05) is 23.6 Å². The van der Waals surface area contributed by atoms with Gasteiger partial charge in [0.2, 0.25) is 0 Å². The molecule has 0 saturated heterocycles. The Kier molecular flexibility index (Phi) is 6.06. The van der Waals surface area contributed by atoms with Gasteiger partial charge in [-0.3, -0.25) is 5.10 Å². The number of ether oxygens (including phenoxy) is 1. The molecule has 9 heteroatoms. The largest absolute Gasteiger partial charge is 0.493 e. The molecule has 8 nitrogen and oxygen atoms in total. The number of rotatable bonds is 7. The molecule has 0 bridgehead atoms. The van der Waals surface area contributed by atoms with Gasteiger partial charge in [0.05, 0.1) is 12.8 Å². The highest BCUT2D eigenvalue weighted by Gasteiger charge is 2.28. The van der Waals surface area contributed by atoms with Gasteiger partial charge in [0.15, 0.2) is 11.4 Å². The maximum Gasteiger partial charge on any atom is 0.197 e. The second kappa shape index (κ2) is 9.35. The Labute approximate surface area is 209 Å². The topological polar surface area (TPSA) is 93.0 Å². The molecule has 0 spiro atoms. The van der Waals surface area contributed by atoms with Crippen LogP contribution in [-0.4, -0.2) is 49.0 Å². The highest BCUT2D eigenvalue weighted by molar-refractivity contribution is 7.15. The van der Waals surface area contributed by atoms with Crippen LogP contribution < -0.4 is 10.1 Å². The van der Waals surface area contributed by atoms with Crippen molar-refractivity contribution < 1.29 is 4.74 Å². The molecule has 0 radical (unpaired) electrons. The van der Waals surface area contributed by atoms with Crippen molar-refractivity contribution in [3.63, 3.8) is 0 Å². The zero-order chi connectivity index (χ0) is 23.9. The van der Waals surface area contributed by atoms with Crippen molar-refractivity contribution in [3.8, 4) is 27.7 Å². The highest BCUT2D eigenvalue weighted by Crippen LogP contribution is 2.42. The number of fused-ring (bicyclic) bond motifs is 1. The fourth-order valence-corrected chi connectivity index (χ4v) is 6.60. The number of methoxy groups -OCH3 is 1. The number of hydrogen-bond donors (Lipinski definition) is 2. The third kappa shape index (κ3) is 4.25. The lowest BCUT2D eigenvalue weighted by molar-refractivity contribution is 0.257. The molecule has 35 heavy (non-hydrogen) atoms. The molecular formula is C26H33N7OS. The number of aromatic nitrogens is 6. The van der Waals surface area contributed by atoms with Crippen LogP contribution in [-0.2, 0) is 0 Å². The smallest absolute Gasteiger partial charge is 0.197 e. The molecule has 184 valence electrons. The fraction of sp³-hybridized carbons (Fsp3) is 0.538. The summed E-state index contributed by atoms with van der Waals surface area (Å²) in [5.74, 6) is 1.57. The van der Waals surface area contributed by atoms with Crippen molar-refractivity contribution in [3.05, 3.63) is 35.2 Å². The predicted molar refractivity (Wildman–Crippen MR) is 138 cm³/mol. The summed E-state index contributed by atoms with van der Waals surface area (Å²) < 4.78 is 7.32. The molecule has 6 rings (SSSR count). The molecule has 0 atom stereocenters. The van der Waals surface area contributed by atoms with E-state index in [0.717, 1.165) is 28.0 Å². The Morgan fingerprint density at radius 3 is 2.63 bits per heavy atom. The van der Waals surface area contributed by atoms with Gasteiger partial charge in [-0.1, -0.05) is 20.3 Å². The maximum atomic E-state index is 5.58. The molecule has 4 aromatic rings. The first-order valence-corrected chi connectivity index (χ1v) is 13.6. The number of aromatic amines is 1. The van der Waals surface area contributed by atoms with Gasteiger partial charge in [0.25, 0.3) is 0 Å². The SMILES string of the molecule is COc1cc(-c2[nH]nc(-c3ncc(C4CCC(NC5CCC5)CC4)s3)c2C(C)C)cn2ncnc12. The quantitative estimate of drug-likeness (QED) is 0.352. The summed E-state index contributed by atoms with van der Waals surface area (Å²) in [6.45, 7) is 4.40. The van der Waals surface area contributed by atoms with Gasteiger partial charge in [-0.25, -0.2) is 14.5 Å². The second-order valence-corrected chi connectivity index (χ2v) is 11.3. The lowest BCUT2D eigenvalue weighted by Gasteiger charge is -2.35. The summed E-state index contributed by atoms with van der Waals surface area (Å²) in [5, 5.41) is 17.2. The first kappa shape index (κ1) is 22.7. The minimum absolute atomic E-state index is 0.275. The minimum Gasteiger partial charge on any atom is -0.493 e. The summed E-state index contributed by atoms with van der Waals surface area (Å²) in [7, 11) is 1.66. The molecule has 0 aromatic carbocycles. The maximum absolute atomic E-state index is 5.58. The fourth-order valence-electron chi connectivity index (χ4n) is 5.52. The Morgan fingerprint density at radius 1 is 1.11 bits per heavy atom. The standard InChI is InChI=1S/C26H33N7OS/c1-15(2)22-23(17-11-20(34-3)25-28-14-29-33(25)13-17)31-32-24(22)26-27-12-21(35-26)16-7-9-19(10-8-16)30-18-5-4-6-18/h11-16,18-19,30H,4-10H2,1-3H3,(H,31,32). The van der Waals surface area contributed by atoms with Gasteiger partial charge in [-0.2, -0.15) is 10.2 Å². The number of H-pyrrole nitrogens is 1. The first-order valence-electron chi connectivity index (χ1n) is 12.8. The minimum atomic E-state index is 0.275. The second-order valence-electron chi connectivity index (χ2n) is 10.3. The summed E-state index contributed by atoms with van der Waals surface area (Å²) in [5.41, 5.74) is 4.76. The van der Waals surface area contributed by atoms with E-state index in [9.17, 15) is 0 Å². The normalized spacial score (nSPS) is 21.0. The van der Waals surface area contributed by atoms with Crippen LogP contribution in [0.5, 0.6) is 5.75 Å². The third-order valence-corrected chi connectivity index (χ3v) is 8.83. The number of thiazole rings is 1. The van der Waals surface area contributed by atoms with Crippen molar-refractivity contribution in [2.45, 2.75) is 82.7 Å². The Balaban J connectivity index is 1.25. The summed E-state index contributed by atoms with van der Waals surface area (Å²) in [4.78, 5) is 10.5. The molecule has 0 unspecified atom stereocenters. The van der Waals surface area contributed by atoms with Crippen LogP contribution in [0.25, 0.3) is 27.6 Å². The molecule has 4 aromatic heterocycles. The average Bonchev–Trinajstić information content (AvgIpc) is 3.59. The monoisotopic (exact) mass is 491 g/mol. The van der Waals surface area contributed by atoms with Gasteiger partial charge < -0.3 is 10.1 Å². The predicted octanol–water partition coefficient (Wildman–Crippen LogP) is 5.54. The lowest BCUT2D eigenvalue weighted by atomic mass is 9.83. The number of nitrogens with zero attached hydrogens (tertiary/aromatic N) is 5. The Morgan fingerprint density at radius 2 is 1.91 bits per heavy atom. The van der Waals surface area contributed by atoms with Crippen molar-refractivity contribution in [1.29, 1.82) is 0 Å². The van der Waals surface area contributed by atoms with Crippen LogP contribution in [0.2, 0.25) is 0 Å². The summed E-state index contributed by atoms with van der Waals surface area (Å²) in [6.07, 6.45) is 14.7. The van der Waals surface area contributed by atoms with E-state index in [-0.39, 0.29) is 5.92 Å². The zero-order valence-electron chi connectivity index (χ0n) is 20.6. The molecule has 2 N–H and O–H groups in total. The molecule has 2 fully saturated rings. The van der Waals surface area contributed by atoms with Gasteiger partial charge >= 0.3 is 0 Å². The van der Waals surface area contributed by atoms with Gasteiger partial charge in [0, 0.05) is 40.5 Å². The van der Waals surface area contributed by atoms with Crippen LogP contribution in [0, 0.1) is 0 Å². The van der Waals surface area contributed by atoms with E-state index in [1.54, 1.807) is 11.6 Å². The van der Waals surface area contributed by atoms with E-state index in [0.29, 0.717) is 23.4 Å². The average molecular weight is 492 g/mol. The van der Waals surface area contributed by atoms with Gasteiger partial charge in [-0.05, 0) is 56.4 Å². The van der Waals surface area contributed by atoms with Crippen molar-refractivity contribution in [2.75, 3.05) is 7.11 Å². The van der Waals surface area contributed by atoms with E-state index in [2.05, 4.69) is 40.5 Å².